The summed E-state index contributed by atoms with van der Waals surface area (Å²) in [7, 11) is 0. The summed E-state index contributed by atoms with van der Waals surface area (Å²) in [5, 5.41) is 4.47. The number of nitrogens with one attached hydrogen (secondary N) is 2. The molecule has 2 N–H and O–H groups in total. The fourth-order valence-corrected chi connectivity index (χ4v) is 2.48. The fraction of sp³-hybridized carbons (Fsp3) is 0.385. The number of hydrogen-bond donors (Lipinski definition) is 2. The molecule has 0 atom stereocenters. The van der Waals surface area contributed by atoms with Crippen molar-refractivity contribution in [2.75, 3.05) is 0 Å². The van der Waals surface area contributed by atoms with Crippen LogP contribution in [0.4, 0.5) is 4.39 Å². The van der Waals surface area contributed by atoms with Gasteiger partial charge in [0.1, 0.15) is 5.82 Å². The summed E-state index contributed by atoms with van der Waals surface area (Å²) < 4.78 is 13.6. The van der Waals surface area contributed by atoms with Crippen molar-refractivity contribution in [3.63, 3.8) is 0 Å². The lowest BCUT2D eigenvalue weighted by atomic mass is 9.89. The summed E-state index contributed by atoms with van der Waals surface area (Å²) in [6, 6.07) is 5.28. The number of aromatic amines is 1. The molecule has 1 aliphatic heterocycles. The van der Waals surface area contributed by atoms with Gasteiger partial charge in [-0.1, -0.05) is 12.1 Å². The molecule has 0 amide bonds. The van der Waals surface area contributed by atoms with Crippen LogP contribution in [0.5, 0.6) is 0 Å². The van der Waals surface area contributed by atoms with Crippen molar-refractivity contribution in [3.05, 3.63) is 35.3 Å². The maximum Gasteiger partial charge on any atom is 0.147 e. The van der Waals surface area contributed by atoms with E-state index in [1.807, 2.05) is 6.07 Å². The first-order chi connectivity index (χ1) is 7.57. The molecule has 1 aliphatic rings. The lowest BCUT2D eigenvalue weighted by Crippen LogP contribution is -2.44. The van der Waals surface area contributed by atoms with Crippen LogP contribution < -0.4 is 5.32 Å². The largest absolute Gasteiger partial charge is 0.355 e. The third-order valence-corrected chi connectivity index (χ3v) is 3.34. The Morgan fingerprint density at radius 2 is 2.12 bits per heavy atom. The minimum Gasteiger partial charge on any atom is -0.355 e. The van der Waals surface area contributed by atoms with Gasteiger partial charge in [-0.3, -0.25) is 0 Å². The maximum atomic E-state index is 13.6. The highest BCUT2D eigenvalue weighted by Gasteiger charge is 2.27. The summed E-state index contributed by atoms with van der Waals surface area (Å²) >= 11 is 0. The van der Waals surface area contributed by atoms with Gasteiger partial charge in [0.2, 0.25) is 0 Å². The second kappa shape index (κ2) is 3.08. The van der Waals surface area contributed by atoms with Crippen molar-refractivity contribution in [3.8, 4) is 0 Å². The average Bonchev–Trinajstić information content (AvgIpc) is 2.57. The third-order valence-electron chi connectivity index (χ3n) is 3.34. The van der Waals surface area contributed by atoms with E-state index in [4.69, 9.17) is 0 Å². The van der Waals surface area contributed by atoms with E-state index in [1.165, 1.54) is 11.6 Å². The van der Waals surface area contributed by atoms with Crippen molar-refractivity contribution in [1.82, 2.24) is 10.3 Å². The zero-order chi connectivity index (χ0) is 11.3. The number of H-pyrrole nitrogens is 1. The number of rotatable bonds is 0. The zero-order valence-electron chi connectivity index (χ0n) is 9.52. The summed E-state index contributed by atoms with van der Waals surface area (Å²) in [5.74, 6) is -0.162. The van der Waals surface area contributed by atoms with Gasteiger partial charge in [0.05, 0.1) is 5.52 Å². The van der Waals surface area contributed by atoms with Gasteiger partial charge in [-0.15, -0.1) is 0 Å². The minimum absolute atomic E-state index is 0.0917. The van der Waals surface area contributed by atoms with Gasteiger partial charge in [0.25, 0.3) is 0 Å². The number of para-hydroxylation sites is 1. The van der Waals surface area contributed by atoms with E-state index in [0.29, 0.717) is 5.52 Å². The quantitative estimate of drug-likeness (QED) is 0.699. The molecule has 3 heteroatoms. The van der Waals surface area contributed by atoms with Crippen LogP contribution in [0.3, 0.4) is 0 Å². The van der Waals surface area contributed by atoms with Gasteiger partial charge in [-0.25, -0.2) is 4.39 Å². The fourth-order valence-electron chi connectivity index (χ4n) is 2.48. The van der Waals surface area contributed by atoms with E-state index in [9.17, 15) is 4.39 Å². The molecule has 1 aromatic heterocycles. The van der Waals surface area contributed by atoms with Crippen molar-refractivity contribution < 1.29 is 4.39 Å². The lowest BCUT2D eigenvalue weighted by molar-refractivity contribution is 0.361. The molecule has 3 rings (SSSR count). The molecule has 84 valence electrons. The van der Waals surface area contributed by atoms with Gasteiger partial charge in [-0.05, 0) is 31.9 Å². The van der Waals surface area contributed by atoms with E-state index in [1.54, 1.807) is 6.07 Å². The first-order valence-electron chi connectivity index (χ1n) is 5.60. The molecular formula is C13H15FN2. The van der Waals surface area contributed by atoms with E-state index < -0.39 is 0 Å². The molecule has 0 unspecified atom stereocenters. The summed E-state index contributed by atoms with van der Waals surface area (Å²) in [6.45, 7) is 5.14. The summed E-state index contributed by atoms with van der Waals surface area (Å²) in [4.78, 5) is 3.18. The van der Waals surface area contributed by atoms with Crippen LogP contribution in [0.1, 0.15) is 25.1 Å². The second-order valence-electron chi connectivity index (χ2n) is 5.16. The molecule has 0 fully saturated rings. The van der Waals surface area contributed by atoms with Crippen LogP contribution in [0.15, 0.2) is 18.2 Å². The Bertz CT molecular complexity index is 554. The van der Waals surface area contributed by atoms with Crippen molar-refractivity contribution in [2.45, 2.75) is 32.4 Å². The molecule has 0 saturated carbocycles. The molecule has 0 spiro atoms. The summed E-state index contributed by atoms with van der Waals surface area (Å²) in [6.07, 6.45) is 0.936. The molecule has 16 heavy (non-hydrogen) atoms. The zero-order valence-corrected chi connectivity index (χ0v) is 9.52. The lowest BCUT2D eigenvalue weighted by Gasteiger charge is -2.31. The molecule has 0 aliphatic carbocycles. The van der Waals surface area contributed by atoms with Crippen molar-refractivity contribution in [2.24, 2.45) is 0 Å². The highest BCUT2D eigenvalue weighted by molar-refractivity contribution is 5.85. The Labute approximate surface area is 93.9 Å². The minimum atomic E-state index is -0.162. The standard InChI is InChI=1S/C13H15FN2/c1-13(2)6-9-8-4-3-5-10(14)12(8)16-11(9)7-15-13/h3-5,15-16H,6-7H2,1-2H3. The second-order valence-corrected chi connectivity index (χ2v) is 5.16. The highest BCUT2D eigenvalue weighted by atomic mass is 19.1. The normalized spacial score (nSPS) is 18.7. The van der Waals surface area contributed by atoms with Gasteiger partial charge in [-0.2, -0.15) is 0 Å². The number of halogens is 1. The maximum absolute atomic E-state index is 13.6. The molecule has 0 bridgehead atoms. The van der Waals surface area contributed by atoms with E-state index in [-0.39, 0.29) is 11.4 Å². The van der Waals surface area contributed by atoms with Crippen LogP contribution in [0.25, 0.3) is 10.9 Å². The number of hydrogen-bond acceptors (Lipinski definition) is 1. The van der Waals surface area contributed by atoms with Crippen LogP contribution in [0.2, 0.25) is 0 Å². The highest BCUT2D eigenvalue weighted by Crippen LogP contribution is 2.30. The van der Waals surface area contributed by atoms with Crippen molar-refractivity contribution in [1.29, 1.82) is 0 Å². The Morgan fingerprint density at radius 3 is 2.94 bits per heavy atom. The number of benzene rings is 1. The molecule has 2 aromatic rings. The molecule has 2 heterocycles. The van der Waals surface area contributed by atoms with E-state index >= 15 is 0 Å². The topological polar surface area (TPSA) is 27.8 Å². The van der Waals surface area contributed by atoms with E-state index in [2.05, 4.69) is 24.1 Å². The Kier molecular flexibility index (Phi) is 1.89. The number of fused-ring (bicyclic) bond motifs is 3. The van der Waals surface area contributed by atoms with Crippen molar-refractivity contribution >= 4 is 10.9 Å². The van der Waals surface area contributed by atoms with Crippen LogP contribution in [-0.4, -0.2) is 10.5 Å². The first-order valence-corrected chi connectivity index (χ1v) is 5.60. The van der Waals surface area contributed by atoms with Gasteiger partial charge in [0, 0.05) is 23.2 Å². The van der Waals surface area contributed by atoms with Crippen LogP contribution in [0, 0.1) is 5.82 Å². The van der Waals surface area contributed by atoms with Gasteiger partial charge in [0.15, 0.2) is 0 Å². The number of aromatic nitrogens is 1. The predicted molar refractivity (Wildman–Crippen MR) is 62.9 cm³/mol. The van der Waals surface area contributed by atoms with Crippen LogP contribution >= 0.6 is 0 Å². The van der Waals surface area contributed by atoms with Gasteiger partial charge < -0.3 is 10.3 Å². The molecule has 0 saturated heterocycles. The molecule has 2 nitrogen and oxygen atoms in total. The SMILES string of the molecule is CC1(C)Cc2c([nH]c3c(F)cccc23)CN1. The average molecular weight is 218 g/mol. The molecule has 0 radical (unpaired) electrons. The Balaban J connectivity index is 2.26. The predicted octanol–water partition coefficient (Wildman–Crippen LogP) is 2.73. The Morgan fingerprint density at radius 1 is 1.31 bits per heavy atom. The monoisotopic (exact) mass is 218 g/mol. The van der Waals surface area contributed by atoms with Crippen LogP contribution in [-0.2, 0) is 13.0 Å². The third kappa shape index (κ3) is 1.35. The summed E-state index contributed by atoms with van der Waals surface area (Å²) in [5.41, 5.74) is 3.12. The molecule has 1 aromatic carbocycles. The molecular weight excluding hydrogens is 203 g/mol. The smallest absolute Gasteiger partial charge is 0.147 e. The van der Waals surface area contributed by atoms with Gasteiger partial charge >= 0.3 is 0 Å². The van der Waals surface area contributed by atoms with E-state index in [0.717, 1.165) is 24.0 Å². The Hall–Kier alpha value is -1.35. The first kappa shape index (κ1) is 9.85.